The molecular formula is C14H17BrO2. The molecule has 0 fully saturated rings. The van der Waals surface area contributed by atoms with Gasteiger partial charge in [-0.2, -0.15) is 0 Å². The van der Waals surface area contributed by atoms with Gasteiger partial charge in [0.1, 0.15) is 0 Å². The van der Waals surface area contributed by atoms with Gasteiger partial charge in [0.05, 0.1) is 12.5 Å². The van der Waals surface area contributed by atoms with Crippen LogP contribution in [0.3, 0.4) is 0 Å². The predicted molar refractivity (Wildman–Crippen MR) is 73.9 cm³/mol. The maximum atomic E-state index is 11.8. The summed E-state index contributed by atoms with van der Waals surface area (Å²) in [6, 6.07) is 5.81. The van der Waals surface area contributed by atoms with Crippen molar-refractivity contribution in [1.82, 2.24) is 0 Å². The summed E-state index contributed by atoms with van der Waals surface area (Å²) in [5.74, 6) is -0.479. The molecule has 17 heavy (non-hydrogen) atoms. The predicted octanol–water partition coefficient (Wildman–Crippen LogP) is 4.15. The zero-order valence-corrected chi connectivity index (χ0v) is 12.0. The van der Waals surface area contributed by atoms with Crippen LogP contribution in [0.15, 0.2) is 29.3 Å². The van der Waals surface area contributed by atoms with Gasteiger partial charge in [-0.05, 0) is 43.5 Å². The van der Waals surface area contributed by atoms with Crippen LogP contribution in [0.2, 0.25) is 0 Å². The highest BCUT2D eigenvalue weighted by Gasteiger charge is 2.20. The Kier molecular flexibility index (Phi) is 4.94. The van der Waals surface area contributed by atoms with Gasteiger partial charge in [0.25, 0.3) is 0 Å². The molecule has 1 atom stereocenters. The second kappa shape index (κ2) is 6.01. The van der Waals surface area contributed by atoms with E-state index in [9.17, 15) is 4.79 Å². The monoisotopic (exact) mass is 296 g/mol. The number of rotatable bonds is 4. The van der Waals surface area contributed by atoms with Crippen molar-refractivity contribution in [2.45, 2.75) is 26.7 Å². The molecule has 2 nitrogen and oxygen atoms in total. The van der Waals surface area contributed by atoms with E-state index in [-0.39, 0.29) is 11.9 Å². The lowest BCUT2D eigenvalue weighted by Gasteiger charge is -2.16. The number of esters is 1. The van der Waals surface area contributed by atoms with E-state index in [0.29, 0.717) is 6.61 Å². The van der Waals surface area contributed by atoms with E-state index in [1.54, 1.807) is 0 Å². The Balaban J connectivity index is 3.17. The van der Waals surface area contributed by atoms with E-state index in [1.807, 2.05) is 39.0 Å². The second-order valence-electron chi connectivity index (χ2n) is 3.96. The van der Waals surface area contributed by atoms with Crippen LogP contribution in [-0.2, 0) is 9.53 Å². The summed E-state index contributed by atoms with van der Waals surface area (Å²) in [6.45, 7) is 9.95. The number of ether oxygens (including phenoxy) is 1. The molecule has 0 saturated carbocycles. The van der Waals surface area contributed by atoms with Gasteiger partial charge in [0.2, 0.25) is 0 Å². The number of carbonyl (C=O) groups excluding carboxylic acids is 1. The SMILES string of the molecule is C=C(C)c1c(Br)cccc1C(C)C(=O)OCC. The summed E-state index contributed by atoms with van der Waals surface area (Å²) < 4.78 is 6.01. The highest BCUT2D eigenvalue weighted by molar-refractivity contribution is 9.10. The third-order valence-electron chi connectivity index (χ3n) is 2.58. The summed E-state index contributed by atoms with van der Waals surface area (Å²) in [5, 5.41) is 0. The first-order valence-electron chi connectivity index (χ1n) is 5.60. The number of halogens is 1. The second-order valence-corrected chi connectivity index (χ2v) is 4.81. The molecular weight excluding hydrogens is 280 g/mol. The standard InChI is InChI=1S/C14H17BrO2/c1-5-17-14(16)10(4)11-7-6-8-12(15)13(11)9(2)3/h6-8,10H,2,5H2,1,3-4H3. The minimum atomic E-state index is -0.279. The first-order valence-corrected chi connectivity index (χ1v) is 6.39. The molecule has 0 bridgehead atoms. The van der Waals surface area contributed by atoms with Crippen LogP contribution >= 0.6 is 15.9 Å². The number of allylic oxidation sites excluding steroid dienone is 1. The van der Waals surface area contributed by atoms with E-state index >= 15 is 0 Å². The van der Waals surface area contributed by atoms with Gasteiger partial charge in [0.15, 0.2) is 0 Å². The normalized spacial score (nSPS) is 12.0. The van der Waals surface area contributed by atoms with E-state index in [4.69, 9.17) is 4.74 Å². The molecule has 0 saturated heterocycles. The number of hydrogen-bond donors (Lipinski definition) is 0. The van der Waals surface area contributed by atoms with Gasteiger partial charge >= 0.3 is 5.97 Å². The minimum absolute atomic E-state index is 0.201. The summed E-state index contributed by atoms with van der Waals surface area (Å²) in [7, 11) is 0. The zero-order valence-electron chi connectivity index (χ0n) is 10.4. The van der Waals surface area contributed by atoms with Crippen LogP contribution in [0.1, 0.15) is 37.8 Å². The van der Waals surface area contributed by atoms with Gasteiger partial charge in [-0.25, -0.2) is 0 Å². The Hall–Kier alpha value is -1.09. The first kappa shape index (κ1) is 14.0. The van der Waals surface area contributed by atoms with Gasteiger partial charge < -0.3 is 4.74 Å². The average Bonchev–Trinajstić information content (AvgIpc) is 2.27. The van der Waals surface area contributed by atoms with Gasteiger partial charge in [-0.3, -0.25) is 4.79 Å². The summed E-state index contributed by atoms with van der Waals surface area (Å²) in [4.78, 5) is 11.8. The summed E-state index contributed by atoms with van der Waals surface area (Å²) >= 11 is 3.49. The zero-order chi connectivity index (χ0) is 13.0. The smallest absolute Gasteiger partial charge is 0.313 e. The summed E-state index contributed by atoms with van der Waals surface area (Å²) in [5.41, 5.74) is 2.88. The van der Waals surface area contributed by atoms with Gasteiger partial charge in [-0.1, -0.05) is 34.6 Å². The summed E-state index contributed by atoms with van der Waals surface area (Å²) in [6.07, 6.45) is 0. The molecule has 1 rings (SSSR count). The quantitative estimate of drug-likeness (QED) is 0.780. The third kappa shape index (κ3) is 3.19. The maximum absolute atomic E-state index is 11.8. The van der Waals surface area contributed by atoms with Crippen LogP contribution < -0.4 is 0 Å². The van der Waals surface area contributed by atoms with Gasteiger partial charge in [-0.15, -0.1) is 0 Å². The van der Waals surface area contributed by atoms with Crippen LogP contribution in [0, 0.1) is 0 Å². The number of benzene rings is 1. The molecule has 0 aliphatic rings. The molecule has 0 aromatic heterocycles. The Morgan fingerprint density at radius 2 is 2.18 bits per heavy atom. The lowest BCUT2D eigenvalue weighted by Crippen LogP contribution is -2.14. The molecule has 0 amide bonds. The molecule has 1 aromatic carbocycles. The number of carbonyl (C=O) groups is 1. The Morgan fingerprint density at radius 3 is 2.71 bits per heavy atom. The average molecular weight is 297 g/mol. The van der Waals surface area contributed by atoms with Crippen molar-refractivity contribution in [3.63, 3.8) is 0 Å². The molecule has 0 heterocycles. The molecule has 0 aliphatic carbocycles. The van der Waals surface area contributed by atoms with Crippen molar-refractivity contribution >= 4 is 27.5 Å². The maximum Gasteiger partial charge on any atom is 0.313 e. The fourth-order valence-corrected chi connectivity index (χ4v) is 2.47. The van der Waals surface area contributed by atoms with Gasteiger partial charge in [0, 0.05) is 4.47 Å². The molecule has 0 aliphatic heterocycles. The molecule has 0 radical (unpaired) electrons. The lowest BCUT2D eigenvalue weighted by atomic mass is 9.92. The topological polar surface area (TPSA) is 26.3 Å². The largest absolute Gasteiger partial charge is 0.466 e. The fraction of sp³-hybridized carbons (Fsp3) is 0.357. The molecule has 3 heteroatoms. The van der Waals surface area contributed by atoms with E-state index in [0.717, 1.165) is 21.2 Å². The molecule has 1 aromatic rings. The van der Waals surface area contributed by atoms with Crippen LogP contribution in [0.4, 0.5) is 0 Å². The Morgan fingerprint density at radius 1 is 1.53 bits per heavy atom. The first-order chi connectivity index (χ1) is 7.99. The van der Waals surface area contributed by atoms with Crippen molar-refractivity contribution in [2.24, 2.45) is 0 Å². The molecule has 0 spiro atoms. The highest BCUT2D eigenvalue weighted by Crippen LogP contribution is 2.31. The van der Waals surface area contributed by atoms with Crippen molar-refractivity contribution in [3.05, 3.63) is 40.4 Å². The van der Waals surface area contributed by atoms with Crippen LogP contribution in [0.25, 0.3) is 5.57 Å². The minimum Gasteiger partial charge on any atom is -0.466 e. The Bertz CT molecular complexity index is 438. The number of hydrogen-bond acceptors (Lipinski definition) is 2. The van der Waals surface area contributed by atoms with Crippen molar-refractivity contribution in [1.29, 1.82) is 0 Å². The molecule has 92 valence electrons. The van der Waals surface area contributed by atoms with E-state index < -0.39 is 0 Å². The lowest BCUT2D eigenvalue weighted by molar-refractivity contribution is -0.144. The van der Waals surface area contributed by atoms with Crippen LogP contribution in [-0.4, -0.2) is 12.6 Å². The van der Waals surface area contributed by atoms with Crippen molar-refractivity contribution in [3.8, 4) is 0 Å². The van der Waals surface area contributed by atoms with Crippen molar-refractivity contribution < 1.29 is 9.53 Å². The Labute approximate surface area is 111 Å². The van der Waals surface area contributed by atoms with E-state index in [2.05, 4.69) is 22.5 Å². The third-order valence-corrected chi connectivity index (χ3v) is 3.24. The van der Waals surface area contributed by atoms with Crippen molar-refractivity contribution in [2.75, 3.05) is 6.61 Å². The molecule has 1 unspecified atom stereocenters. The van der Waals surface area contributed by atoms with E-state index in [1.165, 1.54) is 0 Å². The van der Waals surface area contributed by atoms with Crippen LogP contribution in [0.5, 0.6) is 0 Å². The fourth-order valence-electron chi connectivity index (χ4n) is 1.75. The molecule has 0 N–H and O–H groups in total. The highest BCUT2D eigenvalue weighted by atomic mass is 79.9.